The maximum absolute atomic E-state index is 14.7. The van der Waals surface area contributed by atoms with Crippen molar-refractivity contribution in [3.05, 3.63) is 71.8 Å². The van der Waals surface area contributed by atoms with E-state index in [-0.39, 0.29) is 17.6 Å². The van der Waals surface area contributed by atoms with E-state index in [4.69, 9.17) is 0 Å². The molecule has 1 aliphatic rings. The molecule has 0 atom stereocenters. The van der Waals surface area contributed by atoms with Crippen molar-refractivity contribution in [2.75, 3.05) is 25.5 Å². The first-order chi connectivity index (χ1) is 13.1. The van der Waals surface area contributed by atoms with Gasteiger partial charge in [0.2, 0.25) is 0 Å². The van der Waals surface area contributed by atoms with Gasteiger partial charge in [0.1, 0.15) is 5.82 Å². The molecule has 5 heteroatoms. The summed E-state index contributed by atoms with van der Waals surface area (Å²) < 4.78 is 14.7. The summed E-state index contributed by atoms with van der Waals surface area (Å²) >= 11 is 0. The number of anilines is 1. The third-order valence-electron chi connectivity index (χ3n) is 5.35. The summed E-state index contributed by atoms with van der Waals surface area (Å²) in [5.41, 5.74) is 1.74. The highest BCUT2D eigenvalue weighted by Gasteiger charge is 2.22. The number of rotatable bonds is 3. The Balaban J connectivity index is 1.54. The quantitative estimate of drug-likeness (QED) is 0.748. The van der Waals surface area contributed by atoms with Crippen LogP contribution in [0.4, 0.5) is 10.1 Å². The Kier molecular flexibility index (Phi) is 4.86. The number of nitrogens with zero attached hydrogens (tertiary/aromatic N) is 2. The summed E-state index contributed by atoms with van der Waals surface area (Å²) in [6.07, 6.45) is 5.33. The summed E-state index contributed by atoms with van der Waals surface area (Å²) in [6, 6.07) is 12.3. The zero-order valence-corrected chi connectivity index (χ0v) is 15.3. The molecule has 1 amide bonds. The van der Waals surface area contributed by atoms with Gasteiger partial charge in [0, 0.05) is 34.4 Å². The minimum absolute atomic E-state index is 0.226. The lowest BCUT2D eigenvalue weighted by Crippen LogP contribution is -2.29. The monoisotopic (exact) mass is 363 g/mol. The predicted molar refractivity (Wildman–Crippen MR) is 106 cm³/mol. The molecule has 2 aromatic carbocycles. The van der Waals surface area contributed by atoms with Crippen LogP contribution in [-0.4, -0.2) is 35.9 Å². The Morgan fingerprint density at radius 3 is 2.78 bits per heavy atom. The molecule has 1 fully saturated rings. The molecule has 27 heavy (non-hydrogen) atoms. The smallest absolute Gasteiger partial charge is 0.255 e. The number of fused-ring (bicyclic) bond motifs is 1. The number of likely N-dealkylation sites (tertiary alicyclic amines) is 1. The van der Waals surface area contributed by atoms with E-state index in [1.165, 1.54) is 6.07 Å². The number of nitrogens with one attached hydrogen (secondary N) is 1. The number of benzene rings is 2. The number of carbonyl (C=O) groups excluding carboxylic acids is 1. The molecule has 0 unspecified atom stereocenters. The molecule has 0 radical (unpaired) electrons. The molecular formula is C22H22FN3O. The molecule has 4 nitrogen and oxygen atoms in total. The van der Waals surface area contributed by atoms with Crippen molar-refractivity contribution in [1.82, 2.24) is 9.88 Å². The molecule has 3 aromatic rings. The SMILES string of the molecule is CN1CCC(c2ccc(C(=O)Nc3cccc4cnccc34)cc2F)CC1. The Morgan fingerprint density at radius 1 is 1.19 bits per heavy atom. The number of halogens is 1. The molecule has 1 saturated heterocycles. The lowest BCUT2D eigenvalue weighted by atomic mass is 9.88. The number of amides is 1. The summed E-state index contributed by atoms with van der Waals surface area (Å²) in [5.74, 6) is -0.378. The van der Waals surface area contributed by atoms with E-state index in [0.29, 0.717) is 11.3 Å². The second kappa shape index (κ2) is 7.45. The van der Waals surface area contributed by atoms with Crippen LogP contribution < -0.4 is 5.32 Å². The van der Waals surface area contributed by atoms with Crippen LogP contribution in [0.3, 0.4) is 0 Å². The van der Waals surface area contributed by atoms with Gasteiger partial charge in [0.15, 0.2) is 0 Å². The van der Waals surface area contributed by atoms with Gasteiger partial charge in [-0.25, -0.2) is 4.39 Å². The van der Waals surface area contributed by atoms with Crippen LogP contribution in [0.15, 0.2) is 54.9 Å². The van der Waals surface area contributed by atoms with E-state index in [2.05, 4.69) is 22.2 Å². The molecular weight excluding hydrogens is 341 g/mol. The maximum atomic E-state index is 14.7. The van der Waals surface area contributed by atoms with E-state index >= 15 is 0 Å². The Bertz CT molecular complexity index is 975. The van der Waals surface area contributed by atoms with Crippen molar-refractivity contribution in [3.63, 3.8) is 0 Å². The van der Waals surface area contributed by atoms with E-state index in [0.717, 1.165) is 42.3 Å². The average molecular weight is 363 g/mol. The number of hydrogen-bond acceptors (Lipinski definition) is 3. The third kappa shape index (κ3) is 3.69. The second-order valence-corrected chi connectivity index (χ2v) is 7.17. The van der Waals surface area contributed by atoms with Crippen LogP contribution in [0.2, 0.25) is 0 Å². The van der Waals surface area contributed by atoms with E-state index < -0.39 is 0 Å². The van der Waals surface area contributed by atoms with E-state index in [1.54, 1.807) is 24.5 Å². The number of piperidine rings is 1. The average Bonchev–Trinajstić information content (AvgIpc) is 2.69. The normalized spacial score (nSPS) is 15.8. The van der Waals surface area contributed by atoms with Gasteiger partial charge in [0.25, 0.3) is 5.91 Å². The van der Waals surface area contributed by atoms with Crippen molar-refractivity contribution < 1.29 is 9.18 Å². The van der Waals surface area contributed by atoms with Gasteiger partial charge < -0.3 is 10.2 Å². The van der Waals surface area contributed by atoms with E-state index in [1.807, 2.05) is 24.3 Å². The van der Waals surface area contributed by atoms with Crippen LogP contribution in [0.25, 0.3) is 10.8 Å². The maximum Gasteiger partial charge on any atom is 0.255 e. The van der Waals surface area contributed by atoms with Crippen molar-refractivity contribution in [2.24, 2.45) is 0 Å². The summed E-state index contributed by atoms with van der Waals surface area (Å²) in [6.45, 7) is 1.95. The van der Waals surface area contributed by atoms with Crippen molar-refractivity contribution in [3.8, 4) is 0 Å². The van der Waals surface area contributed by atoms with Crippen LogP contribution in [-0.2, 0) is 0 Å². The molecule has 1 aromatic heterocycles. The summed E-state index contributed by atoms with van der Waals surface area (Å²) in [5, 5.41) is 4.74. The zero-order chi connectivity index (χ0) is 18.8. The van der Waals surface area contributed by atoms with Gasteiger partial charge in [-0.2, -0.15) is 0 Å². The van der Waals surface area contributed by atoms with Crippen LogP contribution in [0.5, 0.6) is 0 Å². The molecule has 0 spiro atoms. The lowest BCUT2D eigenvalue weighted by molar-refractivity contribution is 0.102. The van der Waals surface area contributed by atoms with Gasteiger partial charge in [-0.05, 0) is 68.7 Å². The Morgan fingerprint density at radius 2 is 2.00 bits per heavy atom. The minimum Gasteiger partial charge on any atom is -0.321 e. The number of aromatic nitrogens is 1. The Labute approximate surface area is 158 Å². The topological polar surface area (TPSA) is 45.2 Å². The fourth-order valence-electron chi connectivity index (χ4n) is 3.75. The van der Waals surface area contributed by atoms with Crippen LogP contribution >= 0.6 is 0 Å². The van der Waals surface area contributed by atoms with Crippen molar-refractivity contribution in [2.45, 2.75) is 18.8 Å². The molecule has 1 aliphatic heterocycles. The predicted octanol–water partition coefficient (Wildman–Crippen LogP) is 4.44. The van der Waals surface area contributed by atoms with Gasteiger partial charge in [0.05, 0.1) is 0 Å². The highest BCUT2D eigenvalue weighted by molar-refractivity contribution is 6.09. The first-order valence-corrected chi connectivity index (χ1v) is 9.24. The van der Waals surface area contributed by atoms with Gasteiger partial charge in [-0.15, -0.1) is 0 Å². The molecule has 1 N–H and O–H groups in total. The highest BCUT2D eigenvalue weighted by atomic mass is 19.1. The third-order valence-corrected chi connectivity index (χ3v) is 5.35. The van der Waals surface area contributed by atoms with Crippen molar-refractivity contribution >= 4 is 22.4 Å². The zero-order valence-electron chi connectivity index (χ0n) is 15.3. The first-order valence-electron chi connectivity index (χ1n) is 9.24. The van der Waals surface area contributed by atoms with Gasteiger partial charge in [-0.1, -0.05) is 18.2 Å². The van der Waals surface area contributed by atoms with Crippen LogP contribution in [0.1, 0.15) is 34.7 Å². The number of carbonyl (C=O) groups is 1. The molecule has 0 bridgehead atoms. The fraction of sp³-hybridized carbons (Fsp3) is 0.273. The molecule has 0 aliphatic carbocycles. The van der Waals surface area contributed by atoms with E-state index in [9.17, 15) is 9.18 Å². The first kappa shape index (κ1) is 17.6. The minimum atomic E-state index is -0.312. The Hall–Kier alpha value is -2.79. The summed E-state index contributed by atoms with van der Waals surface area (Å²) in [4.78, 5) is 19.0. The molecule has 138 valence electrons. The highest BCUT2D eigenvalue weighted by Crippen LogP contribution is 2.30. The summed E-state index contributed by atoms with van der Waals surface area (Å²) in [7, 11) is 2.09. The molecule has 2 heterocycles. The second-order valence-electron chi connectivity index (χ2n) is 7.17. The van der Waals surface area contributed by atoms with Gasteiger partial charge in [-0.3, -0.25) is 9.78 Å². The standard InChI is InChI=1S/C22H22FN3O/c1-26-11-8-15(9-12-26)18-6-5-16(13-20(18)23)22(27)25-21-4-2-3-17-14-24-10-7-19(17)21/h2-7,10,13-15H,8-9,11-12H2,1H3,(H,25,27). The number of pyridine rings is 1. The molecule has 0 saturated carbocycles. The number of hydrogen-bond donors (Lipinski definition) is 1. The lowest BCUT2D eigenvalue weighted by Gasteiger charge is -2.29. The van der Waals surface area contributed by atoms with Crippen molar-refractivity contribution in [1.29, 1.82) is 0 Å². The van der Waals surface area contributed by atoms with Gasteiger partial charge >= 0.3 is 0 Å². The fourth-order valence-corrected chi connectivity index (χ4v) is 3.75. The molecule has 4 rings (SSSR count). The van der Waals surface area contributed by atoms with Crippen LogP contribution in [0, 0.1) is 5.82 Å². The largest absolute Gasteiger partial charge is 0.321 e.